The third kappa shape index (κ3) is 2.51. The maximum atomic E-state index is 12.0. The zero-order chi connectivity index (χ0) is 14.2. The molecule has 1 atom stereocenters. The van der Waals surface area contributed by atoms with E-state index in [1.54, 1.807) is 17.0 Å². The number of aryl methyl sites for hydroxylation is 1. The first-order chi connectivity index (χ1) is 8.93. The number of rotatable bonds is 3. The molecule has 1 aliphatic rings. The third-order valence-corrected chi connectivity index (χ3v) is 3.58. The van der Waals surface area contributed by atoms with Gasteiger partial charge in [-0.3, -0.25) is 9.59 Å². The number of amides is 2. The maximum Gasteiger partial charge on any atom is 0.227 e. The van der Waals surface area contributed by atoms with Gasteiger partial charge in [0, 0.05) is 18.7 Å². The molecular formula is C13H15ClN2O3. The van der Waals surface area contributed by atoms with E-state index >= 15 is 0 Å². The van der Waals surface area contributed by atoms with E-state index < -0.39 is 11.8 Å². The highest BCUT2D eigenvalue weighted by Crippen LogP contribution is 2.35. The summed E-state index contributed by atoms with van der Waals surface area (Å²) >= 11 is 6.07. The molecule has 6 heteroatoms. The van der Waals surface area contributed by atoms with Crippen molar-refractivity contribution in [1.82, 2.24) is 0 Å². The fourth-order valence-electron chi connectivity index (χ4n) is 2.22. The van der Waals surface area contributed by atoms with Crippen molar-refractivity contribution in [2.24, 2.45) is 11.7 Å². The van der Waals surface area contributed by atoms with Crippen molar-refractivity contribution in [1.29, 1.82) is 0 Å². The predicted molar refractivity (Wildman–Crippen MR) is 72.4 cm³/mol. The fourth-order valence-corrected chi connectivity index (χ4v) is 2.46. The van der Waals surface area contributed by atoms with Gasteiger partial charge in [0.2, 0.25) is 11.8 Å². The number of halogens is 1. The van der Waals surface area contributed by atoms with Crippen molar-refractivity contribution in [3.05, 3.63) is 22.7 Å². The first kappa shape index (κ1) is 13.7. The van der Waals surface area contributed by atoms with Gasteiger partial charge in [-0.05, 0) is 24.6 Å². The first-order valence-electron chi connectivity index (χ1n) is 5.88. The van der Waals surface area contributed by atoms with E-state index in [0.717, 1.165) is 5.56 Å². The molecule has 0 radical (unpaired) electrons. The van der Waals surface area contributed by atoms with Crippen LogP contribution in [0.1, 0.15) is 12.0 Å². The summed E-state index contributed by atoms with van der Waals surface area (Å²) in [5, 5.41) is 0.429. The third-order valence-electron chi connectivity index (χ3n) is 3.29. The number of benzene rings is 1. The summed E-state index contributed by atoms with van der Waals surface area (Å²) in [6, 6.07) is 3.44. The number of hydrogen-bond acceptors (Lipinski definition) is 3. The van der Waals surface area contributed by atoms with Crippen molar-refractivity contribution in [2.75, 3.05) is 18.6 Å². The Morgan fingerprint density at radius 3 is 2.74 bits per heavy atom. The number of methoxy groups -OCH3 is 1. The average Bonchev–Trinajstić information content (AvgIpc) is 2.74. The molecule has 1 aromatic rings. The Kier molecular flexibility index (Phi) is 3.66. The monoisotopic (exact) mass is 282 g/mol. The van der Waals surface area contributed by atoms with Crippen molar-refractivity contribution in [3.8, 4) is 5.75 Å². The van der Waals surface area contributed by atoms with Crippen LogP contribution in [0.4, 0.5) is 5.69 Å². The standard InChI is InChI=1S/C13H15ClN2O3/c1-7-3-11(19-2)9(14)5-10(7)16-6-8(13(15)18)4-12(16)17/h3,5,8H,4,6H2,1-2H3,(H2,15,18). The summed E-state index contributed by atoms with van der Waals surface area (Å²) in [6.45, 7) is 2.16. The van der Waals surface area contributed by atoms with Gasteiger partial charge in [0.05, 0.1) is 18.1 Å². The second-order valence-corrected chi connectivity index (χ2v) is 4.99. The summed E-state index contributed by atoms with van der Waals surface area (Å²) < 4.78 is 5.12. The molecule has 2 N–H and O–H groups in total. The summed E-state index contributed by atoms with van der Waals surface area (Å²) in [5.41, 5.74) is 6.80. The highest BCUT2D eigenvalue weighted by Gasteiger charge is 2.34. The minimum absolute atomic E-state index is 0.117. The Labute approximate surface area is 116 Å². The number of carbonyl (C=O) groups excluding carboxylic acids is 2. The highest BCUT2D eigenvalue weighted by atomic mass is 35.5. The number of nitrogens with zero attached hydrogens (tertiary/aromatic N) is 1. The van der Waals surface area contributed by atoms with Gasteiger partial charge in [-0.15, -0.1) is 0 Å². The molecular weight excluding hydrogens is 268 g/mol. The van der Waals surface area contributed by atoms with E-state index in [0.29, 0.717) is 23.0 Å². The Balaban J connectivity index is 2.35. The molecule has 1 heterocycles. The lowest BCUT2D eigenvalue weighted by Crippen LogP contribution is -2.28. The zero-order valence-corrected chi connectivity index (χ0v) is 11.5. The summed E-state index contributed by atoms with van der Waals surface area (Å²) in [6.07, 6.45) is 0.151. The van der Waals surface area contributed by atoms with Gasteiger partial charge in [-0.25, -0.2) is 0 Å². The lowest BCUT2D eigenvalue weighted by Gasteiger charge is -2.20. The van der Waals surface area contributed by atoms with E-state index in [1.165, 1.54) is 7.11 Å². The SMILES string of the molecule is COc1cc(C)c(N2CC(C(N)=O)CC2=O)cc1Cl. The lowest BCUT2D eigenvalue weighted by molar-refractivity contribution is -0.123. The Morgan fingerprint density at radius 1 is 1.53 bits per heavy atom. The molecule has 1 unspecified atom stereocenters. The number of nitrogens with two attached hydrogens (primary N) is 1. The average molecular weight is 283 g/mol. The number of primary amides is 1. The zero-order valence-electron chi connectivity index (χ0n) is 10.8. The molecule has 1 aliphatic heterocycles. The van der Waals surface area contributed by atoms with E-state index in [2.05, 4.69) is 0 Å². The van der Waals surface area contributed by atoms with Crippen LogP contribution in [0, 0.1) is 12.8 Å². The van der Waals surface area contributed by atoms with Crippen LogP contribution < -0.4 is 15.4 Å². The van der Waals surface area contributed by atoms with E-state index in [1.807, 2.05) is 6.92 Å². The van der Waals surface area contributed by atoms with Gasteiger partial charge in [0.15, 0.2) is 0 Å². The smallest absolute Gasteiger partial charge is 0.227 e. The van der Waals surface area contributed by atoms with Crippen LogP contribution >= 0.6 is 11.6 Å². The van der Waals surface area contributed by atoms with Crippen molar-refractivity contribution >= 4 is 29.1 Å². The number of hydrogen-bond donors (Lipinski definition) is 1. The summed E-state index contributed by atoms with van der Waals surface area (Å²) in [7, 11) is 1.53. The molecule has 0 bridgehead atoms. The topological polar surface area (TPSA) is 72.6 Å². The molecule has 0 spiro atoms. The quantitative estimate of drug-likeness (QED) is 0.913. The second kappa shape index (κ2) is 5.09. The molecule has 2 amide bonds. The molecule has 19 heavy (non-hydrogen) atoms. The minimum Gasteiger partial charge on any atom is -0.495 e. The normalized spacial score (nSPS) is 18.8. The second-order valence-electron chi connectivity index (χ2n) is 4.58. The van der Waals surface area contributed by atoms with Gasteiger partial charge in [-0.2, -0.15) is 0 Å². The van der Waals surface area contributed by atoms with E-state index in [-0.39, 0.29) is 12.3 Å². The van der Waals surface area contributed by atoms with Crippen molar-refractivity contribution in [2.45, 2.75) is 13.3 Å². The molecule has 0 aliphatic carbocycles. The van der Waals surface area contributed by atoms with Crippen LogP contribution in [0.3, 0.4) is 0 Å². The van der Waals surface area contributed by atoms with Crippen LogP contribution in [0.25, 0.3) is 0 Å². The molecule has 1 aromatic carbocycles. The Morgan fingerprint density at radius 2 is 2.21 bits per heavy atom. The molecule has 102 valence electrons. The highest BCUT2D eigenvalue weighted by molar-refractivity contribution is 6.32. The molecule has 1 fully saturated rings. The van der Waals surface area contributed by atoms with Crippen LogP contribution in [-0.4, -0.2) is 25.5 Å². The minimum atomic E-state index is -0.451. The van der Waals surface area contributed by atoms with Crippen molar-refractivity contribution < 1.29 is 14.3 Å². The Hall–Kier alpha value is -1.75. The molecule has 5 nitrogen and oxygen atoms in total. The summed E-state index contributed by atoms with van der Waals surface area (Å²) in [5.74, 6) is -0.449. The number of carbonyl (C=O) groups is 2. The lowest BCUT2D eigenvalue weighted by atomic mass is 10.1. The fraction of sp³-hybridized carbons (Fsp3) is 0.385. The Bertz CT molecular complexity index is 545. The predicted octanol–water partition coefficient (Wildman–Crippen LogP) is 1.50. The maximum absolute atomic E-state index is 12.0. The first-order valence-corrected chi connectivity index (χ1v) is 6.25. The van der Waals surface area contributed by atoms with Crippen LogP contribution in [0.2, 0.25) is 5.02 Å². The largest absolute Gasteiger partial charge is 0.495 e. The van der Waals surface area contributed by atoms with Gasteiger partial charge in [0.1, 0.15) is 5.75 Å². The molecule has 0 saturated carbocycles. The van der Waals surface area contributed by atoms with Crippen LogP contribution in [0.5, 0.6) is 5.75 Å². The van der Waals surface area contributed by atoms with Crippen molar-refractivity contribution in [3.63, 3.8) is 0 Å². The number of ether oxygens (including phenoxy) is 1. The molecule has 1 saturated heterocycles. The number of anilines is 1. The van der Waals surface area contributed by atoms with Crippen LogP contribution in [0.15, 0.2) is 12.1 Å². The van der Waals surface area contributed by atoms with Gasteiger partial charge in [-0.1, -0.05) is 11.6 Å². The summed E-state index contributed by atoms with van der Waals surface area (Å²) in [4.78, 5) is 24.7. The van der Waals surface area contributed by atoms with E-state index in [4.69, 9.17) is 22.1 Å². The van der Waals surface area contributed by atoms with Gasteiger partial charge in [0.25, 0.3) is 0 Å². The van der Waals surface area contributed by atoms with Gasteiger partial charge < -0.3 is 15.4 Å². The van der Waals surface area contributed by atoms with Gasteiger partial charge >= 0.3 is 0 Å². The molecule has 2 rings (SSSR count). The molecule has 0 aromatic heterocycles. The van der Waals surface area contributed by atoms with Crippen LogP contribution in [-0.2, 0) is 9.59 Å². The van der Waals surface area contributed by atoms with E-state index in [9.17, 15) is 9.59 Å².